The summed E-state index contributed by atoms with van der Waals surface area (Å²) in [5, 5.41) is 0. The second-order valence-corrected chi connectivity index (χ2v) is 3.87. The van der Waals surface area contributed by atoms with E-state index in [1.807, 2.05) is 14.0 Å². The molecule has 1 aromatic heterocycles. The first kappa shape index (κ1) is 12.7. The fraction of sp³-hybridized carbons (Fsp3) is 0.636. The van der Waals surface area contributed by atoms with Crippen LogP contribution in [0.3, 0.4) is 0 Å². The van der Waals surface area contributed by atoms with Gasteiger partial charge in [-0.25, -0.2) is 9.97 Å². The maximum absolute atomic E-state index is 5.56. The number of nitrogens with two attached hydrogens (primary N) is 1. The Morgan fingerprint density at radius 1 is 1.50 bits per heavy atom. The molecule has 5 heteroatoms. The lowest BCUT2D eigenvalue weighted by molar-refractivity contribution is 0.393. The molecule has 0 bridgehead atoms. The molecule has 0 radical (unpaired) electrons. The average Bonchev–Trinajstić information content (AvgIpc) is 2.29. The Hall–Kier alpha value is -1.36. The smallest absolute Gasteiger partial charge is 0.221 e. The number of ether oxygens (including phenoxy) is 1. The maximum Gasteiger partial charge on any atom is 0.221 e. The zero-order valence-corrected chi connectivity index (χ0v) is 10.4. The summed E-state index contributed by atoms with van der Waals surface area (Å²) in [6.45, 7) is 4.76. The van der Waals surface area contributed by atoms with Crippen LogP contribution in [0.15, 0.2) is 6.33 Å². The van der Waals surface area contributed by atoms with Crippen molar-refractivity contribution < 1.29 is 4.74 Å². The van der Waals surface area contributed by atoms with Crippen molar-refractivity contribution >= 4 is 5.82 Å². The van der Waals surface area contributed by atoms with Crippen LogP contribution in [-0.4, -0.2) is 36.7 Å². The van der Waals surface area contributed by atoms with Gasteiger partial charge >= 0.3 is 0 Å². The SMILES string of the molecule is COc1ncnc(N(C)C(C)CCN)c1C. The second kappa shape index (κ2) is 5.65. The minimum atomic E-state index is 0.350. The lowest BCUT2D eigenvalue weighted by atomic mass is 10.2. The van der Waals surface area contributed by atoms with Crippen LogP contribution in [0.4, 0.5) is 5.82 Å². The van der Waals surface area contributed by atoms with Crippen molar-refractivity contribution in [2.45, 2.75) is 26.3 Å². The van der Waals surface area contributed by atoms with Gasteiger partial charge < -0.3 is 15.4 Å². The summed E-state index contributed by atoms with van der Waals surface area (Å²) < 4.78 is 5.17. The summed E-state index contributed by atoms with van der Waals surface area (Å²) in [7, 11) is 3.62. The van der Waals surface area contributed by atoms with Crippen molar-refractivity contribution in [3.05, 3.63) is 11.9 Å². The highest BCUT2D eigenvalue weighted by molar-refractivity contribution is 5.50. The van der Waals surface area contributed by atoms with Gasteiger partial charge in [0.25, 0.3) is 0 Å². The van der Waals surface area contributed by atoms with Crippen LogP contribution in [0.5, 0.6) is 5.88 Å². The van der Waals surface area contributed by atoms with Gasteiger partial charge in [0.05, 0.1) is 12.7 Å². The Bertz CT molecular complexity index is 343. The van der Waals surface area contributed by atoms with E-state index < -0.39 is 0 Å². The summed E-state index contributed by atoms with van der Waals surface area (Å²) in [6.07, 6.45) is 2.45. The summed E-state index contributed by atoms with van der Waals surface area (Å²) in [6, 6.07) is 0.350. The maximum atomic E-state index is 5.56. The number of aromatic nitrogens is 2. The Labute approximate surface area is 96.6 Å². The van der Waals surface area contributed by atoms with Gasteiger partial charge in [0, 0.05) is 13.1 Å². The van der Waals surface area contributed by atoms with Gasteiger partial charge in [0.15, 0.2) is 0 Å². The van der Waals surface area contributed by atoms with Crippen molar-refractivity contribution in [2.75, 3.05) is 25.6 Å². The number of anilines is 1. The van der Waals surface area contributed by atoms with Crippen molar-refractivity contribution in [1.29, 1.82) is 0 Å². The van der Waals surface area contributed by atoms with E-state index in [0.29, 0.717) is 18.5 Å². The third kappa shape index (κ3) is 2.61. The van der Waals surface area contributed by atoms with E-state index >= 15 is 0 Å². The molecule has 1 heterocycles. The Balaban J connectivity index is 2.94. The van der Waals surface area contributed by atoms with E-state index in [1.54, 1.807) is 7.11 Å². The molecule has 0 aliphatic carbocycles. The molecule has 16 heavy (non-hydrogen) atoms. The zero-order valence-electron chi connectivity index (χ0n) is 10.4. The summed E-state index contributed by atoms with van der Waals surface area (Å²) in [5.74, 6) is 1.52. The van der Waals surface area contributed by atoms with E-state index in [2.05, 4.69) is 21.8 Å². The zero-order chi connectivity index (χ0) is 12.1. The largest absolute Gasteiger partial charge is 0.481 e. The van der Waals surface area contributed by atoms with Crippen LogP contribution in [0.1, 0.15) is 18.9 Å². The molecule has 1 rings (SSSR count). The number of hydrogen-bond acceptors (Lipinski definition) is 5. The molecule has 0 aliphatic rings. The third-order valence-corrected chi connectivity index (χ3v) is 2.78. The molecule has 0 spiro atoms. The van der Waals surface area contributed by atoms with Gasteiger partial charge in [0.1, 0.15) is 12.1 Å². The lowest BCUT2D eigenvalue weighted by Gasteiger charge is -2.27. The van der Waals surface area contributed by atoms with Gasteiger partial charge in [0.2, 0.25) is 5.88 Å². The molecule has 0 saturated heterocycles. The first-order valence-electron chi connectivity index (χ1n) is 5.40. The highest BCUT2D eigenvalue weighted by Gasteiger charge is 2.15. The number of nitrogens with zero attached hydrogens (tertiary/aromatic N) is 3. The molecule has 1 atom stereocenters. The molecule has 0 amide bonds. The Kier molecular flexibility index (Phi) is 4.49. The standard InChI is InChI=1S/C11H20N4O/c1-8(5-6-12)15(3)10-9(2)11(16-4)14-7-13-10/h7-8H,5-6,12H2,1-4H3. The fourth-order valence-corrected chi connectivity index (χ4v) is 1.63. The van der Waals surface area contributed by atoms with Crippen molar-refractivity contribution in [2.24, 2.45) is 5.73 Å². The second-order valence-electron chi connectivity index (χ2n) is 3.87. The first-order chi connectivity index (χ1) is 7.61. The Morgan fingerprint density at radius 3 is 2.75 bits per heavy atom. The monoisotopic (exact) mass is 224 g/mol. The number of hydrogen-bond donors (Lipinski definition) is 1. The molecule has 1 unspecified atom stereocenters. The van der Waals surface area contributed by atoms with Crippen LogP contribution in [-0.2, 0) is 0 Å². The van der Waals surface area contributed by atoms with Crippen molar-refractivity contribution in [3.63, 3.8) is 0 Å². The van der Waals surface area contributed by atoms with Crippen molar-refractivity contribution in [1.82, 2.24) is 9.97 Å². The minimum absolute atomic E-state index is 0.350. The summed E-state index contributed by atoms with van der Waals surface area (Å²) >= 11 is 0. The highest BCUT2D eigenvalue weighted by atomic mass is 16.5. The van der Waals surface area contributed by atoms with E-state index in [4.69, 9.17) is 10.5 Å². The number of rotatable bonds is 5. The van der Waals surface area contributed by atoms with Crippen LogP contribution in [0.25, 0.3) is 0 Å². The first-order valence-corrected chi connectivity index (χ1v) is 5.40. The summed E-state index contributed by atoms with van der Waals surface area (Å²) in [4.78, 5) is 10.4. The van der Waals surface area contributed by atoms with E-state index in [-0.39, 0.29) is 0 Å². The fourth-order valence-electron chi connectivity index (χ4n) is 1.63. The van der Waals surface area contributed by atoms with Gasteiger partial charge in [-0.1, -0.05) is 0 Å². The summed E-state index contributed by atoms with van der Waals surface area (Å²) in [5.41, 5.74) is 6.51. The van der Waals surface area contributed by atoms with Crippen LogP contribution >= 0.6 is 0 Å². The molecule has 0 saturated carbocycles. The molecule has 1 aromatic rings. The normalized spacial score (nSPS) is 12.3. The van der Waals surface area contributed by atoms with E-state index in [0.717, 1.165) is 17.8 Å². The van der Waals surface area contributed by atoms with Gasteiger partial charge in [-0.3, -0.25) is 0 Å². The molecule has 0 fully saturated rings. The van der Waals surface area contributed by atoms with E-state index in [1.165, 1.54) is 6.33 Å². The topological polar surface area (TPSA) is 64.3 Å². The van der Waals surface area contributed by atoms with E-state index in [9.17, 15) is 0 Å². The molecular formula is C11H20N4O. The van der Waals surface area contributed by atoms with Gasteiger partial charge in [-0.2, -0.15) is 0 Å². The molecule has 0 aromatic carbocycles. The molecule has 90 valence electrons. The highest BCUT2D eigenvalue weighted by Crippen LogP contribution is 2.24. The molecule has 2 N–H and O–H groups in total. The van der Waals surface area contributed by atoms with Crippen molar-refractivity contribution in [3.8, 4) is 5.88 Å². The van der Waals surface area contributed by atoms with Crippen LogP contribution < -0.4 is 15.4 Å². The molecular weight excluding hydrogens is 204 g/mol. The average molecular weight is 224 g/mol. The van der Waals surface area contributed by atoms with Crippen LogP contribution in [0.2, 0.25) is 0 Å². The lowest BCUT2D eigenvalue weighted by Crippen LogP contribution is -2.32. The minimum Gasteiger partial charge on any atom is -0.481 e. The predicted octanol–water partition coefficient (Wildman–Crippen LogP) is 0.967. The van der Waals surface area contributed by atoms with Gasteiger partial charge in [-0.05, 0) is 26.8 Å². The quantitative estimate of drug-likeness (QED) is 0.807. The van der Waals surface area contributed by atoms with Crippen LogP contribution in [0, 0.1) is 6.92 Å². The van der Waals surface area contributed by atoms with Gasteiger partial charge in [-0.15, -0.1) is 0 Å². The predicted molar refractivity (Wildman–Crippen MR) is 64.9 cm³/mol. The third-order valence-electron chi connectivity index (χ3n) is 2.78. The molecule has 5 nitrogen and oxygen atoms in total. The number of methoxy groups -OCH3 is 1. The molecule has 0 aliphatic heterocycles. The Morgan fingerprint density at radius 2 is 2.19 bits per heavy atom.